The lowest BCUT2D eigenvalue weighted by molar-refractivity contribution is 0.0717. The van der Waals surface area contributed by atoms with Gasteiger partial charge in [-0.15, -0.1) is 0 Å². The molecule has 2 aromatic rings. The van der Waals surface area contributed by atoms with E-state index in [2.05, 4.69) is 4.98 Å². The maximum absolute atomic E-state index is 12.9. The molecule has 4 rings (SSSR count). The summed E-state index contributed by atoms with van der Waals surface area (Å²) in [5.74, 6) is 0.0474. The van der Waals surface area contributed by atoms with Gasteiger partial charge in [-0.1, -0.05) is 0 Å². The van der Waals surface area contributed by atoms with Crippen LogP contribution in [0.15, 0.2) is 42.4 Å². The number of amides is 1. The molecule has 1 atom stereocenters. The van der Waals surface area contributed by atoms with Gasteiger partial charge in [0.15, 0.2) is 0 Å². The Bertz CT molecular complexity index is 906. The normalized spacial score (nSPS) is 21.0. The lowest BCUT2D eigenvalue weighted by Gasteiger charge is -2.28. The average Bonchev–Trinajstić information content (AvgIpc) is 3.09. The van der Waals surface area contributed by atoms with Gasteiger partial charge in [0.2, 0.25) is 0 Å². The van der Waals surface area contributed by atoms with E-state index in [-0.39, 0.29) is 5.91 Å². The predicted molar refractivity (Wildman–Crippen MR) is 100 cm³/mol. The van der Waals surface area contributed by atoms with Crippen molar-refractivity contribution in [3.8, 4) is 0 Å². The third kappa shape index (κ3) is 2.90. The Labute approximate surface area is 153 Å². The molecule has 1 unspecified atom stereocenters. The van der Waals surface area contributed by atoms with Crippen molar-refractivity contribution >= 4 is 17.1 Å². The number of aliphatic hydroxyl groups is 1. The van der Waals surface area contributed by atoms with Crippen LogP contribution in [0.25, 0.3) is 11.2 Å². The highest BCUT2D eigenvalue weighted by Crippen LogP contribution is 2.26. The smallest absolute Gasteiger partial charge is 0.272 e. The number of nitrogens with zero attached hydrogens (tertiary/aromatic N) is 4. The third-order valence-corrected chi connectivity index (χ3v) is 5.22. The molecular weight excluding hydrogens is 328 g/mol. The number of aliphatic hydroxyl groups excluding tert-OH is 1. The van der Waals surface area contributed by atoms with Gasteiger partial charge in [0.05, 0.1) is 6.20 Å². The summed E-state index contributed by atoms with van der Waals surface area (Å²) in [6.07, 6.45) is 10.3. The van der Waals surface area contributed by atoms with Crippen LogP contribution in [0.5, 0.6) is 0 Å². The topological polar surface area (TPSA) is 61.1 Å². The Morgan fingerprint density at radius 2 is 2.00 bits per heavy atom. The fourth-order valence-corrected chi connectivity index (χ4v) is 3.69. The summed E-state index contributed by atoms with van der Waals surface area (Å²) in [4.78, 5) is 21.0. The van der Waals surface area contributed by atoms with Crippen LogP contribution in [0.2, 0.25) is 0 Å². The van der Waals surface area contributed by atoms with Gasteiger partial charge in [-0.2, -0.15) is 0 Å². The zero-order valence-corrected chi connectivity index (χ0v) is 15.2. The number of carbonyl (C=O) groups excluding carboxylic acids is 1. The van der Waals surface area contributed by atoms with Crippen LogP contribution >= 0.6 is 0 Å². The summed E-state index contributed by atoms with van der Waals surface area (Å²) in [5.41, 5.74) is 4.25. The molecule has 2 aromatic heterocycles. The molecule has 6 nitrogen and oxygen atoms in total. The summed E-state index contributed by atoms with van der Waals surface area (Å²) >= 11 is 0. The number of pyridine rings is 1. The van der Waals surface area contributed by atoms with Crippen LogP contribution in [0.3, 0.4) is 0 Å². The highest BCUT2D eigenvalue weighted by molar-refractivity contribution is 5.93. The number of carbonyl (C=O) groups is 1. The molecular formula is C20H24N4O2. The molecule has 136 valence electrons. The highest BCUT2D eigenvalue weighted by Gasteiger charge is 2.22. The minimum absolute atomic E-state index is 0.0474. The van der Waals surface area contributed by atoms with Gasteiger partial charge in [-0.3, -0.25) is 9.20 Å². The molecule has 4 heterocycles. The number of fused-ring (bicyclic) bond motifs is 1. The second-order valence-corrected chi connectivity index (χ2v) is 7.15. The molecule has 1 saturated heterocycles. The van der Waals surface area contributed by atoms with Crippen molar-refractivity contribution in [1.29, 1.82) is 0 Å². The van der Waals surface area contributed by atoms with Crippen LogP contribution in [-0.4, -0.2) is 56.6 Å². The lowest BCUT2D eigenvalue weighted by Crippen LogP contribution is -2.36. The minimum atomic E-state index is -0.591. The van der Waals surface area contributed by atoms with E-state index in [1.807, 2.05) is 53.9 Å². The van der Waals surface area contributed by atoms with Crippen molar-refractivity contribution in [2.24, 2.45) is 0 Å². The maximum Gasteiger partial charge on any atom is 0.272 e. The molecule has 6 heteroatoms. The fraction of sp³-hybridized carbons (Fsp3) is 0.400. The molecule has 0 saturated carbocycles. The van der Waals surface area contributed by atoms with Gasteiger partial charge in [0, 0.05) is 32.5 Å². The number of hydrogen-bond acceptors (Lipinski definition) is 4. The number of rotatable bonds is 2. The van der Waals surface area contributed by atoms with Crippen molar-refractivity contribution in [3.05, 3.63) is 53.6 Å². The number of hydrogen-bond donors (Lipinski definition) is 1. The number of likely N-dealkylation sites (tertiary alicyclic amines) is 1. The van der Waals surface area contributed by atoms with E-state index in [1.165, 1.54) is 6.42 Å². The predicted octanol–water partition coefficient (Wildman–Crippen LogP) is 2.51. The van der Waals surface area contributed by atoms with Crippen LogP contribution in [0.1, 0.15) is 42.2 Å². The first-order chi connectivity index (χ1) is 12.5. The van der Waals surface area contributed by atoms with Crippen molar-refractivity contribution in [3.63, 3.8) is 0 Å². The van der Waals surface area contributed by atoms with Crippen molar-refractivity contribution in [2.45, 2.75) is 32.4 Å². The first-order valence-corrected chi connectivity index (χ1v) is 9.11. The van der Waals surface area contributed by atoms with E-state index >= 15 is 0 Å². The summed E-state index contributed by atoms with van der Waals surface area (Å²) in [7, 11) is 1.85. The van der Waals surface area contributed by atoms with Crippen molar-refractivity contribution < 1.29 is 9.90 Å². The molecule has 0 bridgehead atoms. The standard InChI is InChI=1S/C20H24N4O2/c1-14-10-16(12-22(2)19(14)25)15-6-7-18-21-11-17(24(18)13-15)20(26)23-8-4-3-5-9-23/h6-7,10-13,19,25H,3-5,8-9H2,1-2H3. The zero-order valence-electron chi connectivity index (χ0n) is 15.2. The van der Waals surface area contributed by atoms with Crippen molar-refractivity contribution in [1.82, 2.24) is 19.2 Å². The Hall–Kier alpha value is -2.60. The maximum atomic E-state index is 12.9. The molecule has 0 radical (unpaired) electrons. The van der Waals surface area contributed by atoms with Gasteiger partial charge in [-0.05, 0) is 61.1 Å². The van der Waals surface area contributed by atoms with Crippen molar-refractivity contribution in [2.75, 3.05) is 20.1 Å². The van der Waals surface area contributed by atoms with Crippen LogP contribution < -0.4 is 0 Å². The van der Waals surface area contributed by atoms with E-state index in [4.69, 9.17) is 0 Å². The number of aromatic nitrogens is 2. The second-order valence-electron chi connectivity index (χ2n) is 7.15. The van der Waals surface area contributed by atoms with Crippen LogP contribution in [0, 0.1) is 0 Å². The van der Waals surface area contributed by atoms with Gasteiger partial charge in [0.25, 0.3) is 5.91 Å². The number of piperidine rings is 1. The minimum Gasteiger partial charge on any atom is -0.370 e. The summed E-state index contributed by atoms with van der Waals surface area (Å²) < 4.78 is 1.88. The first kappa shape index (κ1) is 16.8. The largest absolute Gasteiger partial charge is 0.370 e. The third-order valence-electron chi connectivity index (χ3n) is 5.22. The molecule has 26 heavy (non-hydrogen) atoms. The summed E-state index contributed by atoms with van der Waals surface area (Å²) in [5, 5.41) is 10.1. The molecule has 0 aromatic carbocycles. The summed E-state index contributed by atoms with van der Waals surface area (Å²) in [6.45, 7) is 3.55. The Kier molecular flexibility index (Phi) is 4.28. The average molecular weight is 352 g/mol. The van der Waals surface area contributed by atoms with Gasteiger partial charge in [-0.25, -0.2) is 4.98 Å². The molecule has 1 N–H and O–H groups in total. The quantitative estimate of drug-likeness (QED) is 0.902. The zero-order chi connectivity index (χ0) is 18.3. The Morgan fingerprint density at radius 3 is 2.73 bits per heavy atom. The summed E-state index contributed by atoms with van der Waals surface area (Å²) in [6, 6.07) is 3.93. The van der Waals surface area contributed by atoms with Gasteiger partial charge >= 0.3 is 0 Å². The molecule has 1 fully saturated rings. The molecule has 1 amide bonds. The lowest BCUT2D eigenvalue weighted by atomic mass is 10.0. The number of imidazole rings is 1. The number of allylic oxidation sites excluding steroid dienone is 2. The Morgan fingerprint density at radius 1 is 1.23 bits per heavy atom. The molecule has 2 aliphatic rings. The molecule has 0 aliphatic carbocycles. The highest BCUT2D eigenvalue weighted by atomic mass is 16.3. The first-order valence-electron chi connectivity index (χ1n) is 9.11. The van der Waals surface area contributed by atoms with Crippen LogP contribution in [-0.2, 0) is 0 Å². The SMILES string of the molecule is CC1=CC(c2ccc3ncc(C(=O)N4CCCCC4)n3c2)=CN(C)C1O. The molecule has 0 spiro atoms. The second kappa shape index (κ2) is 6.61. The fourth-order valence-electron chi connectivity index (χ4n) is 3.69. The van der Waals surface area contributed by atoms with E-state index in [9.17, 15) is 9.90 Å². The number of likely N-dealkylation sites (N-methyl/N-ethyl adjacent to an activating group) is 1. The van der Waals surface area contributed by atoms with Gasteiger partial charge < -0.3 is 14.9 Å². The van der Waals surface area contributed by atoms with E-state index in [0.717, 1.165) is 48.3 Å². The van der Waals surface area contributed by atoms with Gasteiger partial charge in [0.1, 0.15) is 17.6 Å². The van der Waals surface area contributed by atoms with E-state index in [0.29, 0.717) is 5.69 Å². The van der Waals surface area contributed by atoms with Crippen LogP contribution in [0.4, 0.5) is 0 Å². The van der Waals surface area contributed by atoms with E-state index in [1.54, 1.807) is 11.1 Å². The molecule has 2 aliphatic heterocycles. The monoisotopic (exact) mass is 352 g/mol. The van der Waals surface area contributed by atoms with E-state index < -0.39 is 6.23 Å². The Balaban J connectivity index is 1.71.